The molecule has 9 heavy (non-hydrogen) atoms. The summed E-state index contributed by atoms with van der Waals surface area (Å²) in [5.41, 5.74) is 1.00. The minimum atomic E-state index is -0.410. The van der Waals surface area contributed by atoms with Crippen LogP contribution in [0.15, 0.2) is 12.2 Å². The molecule has 0 aromatic rings. The monoisotopic (exact) mass is 129 g/mol. The van der Waals surface area contributed by atoms with Crippen molar-refractivity contribution in [2.45, 2.75) is 26.5 Å². The summed E-state index contributed by atoms with van der Waals surface area (Å²) in [5, 5.41) is 11.9. The Balaban J connectivity index is 3.26. The van der Waals surface area contributed by atoms with Crippen molar-refractivity contribution in [3.63, 3.8) is 0 Å². The standard InChI is InChI=1S/C7H15NO/c1-4-8-7(9)5-6(2)3/h7-9H,2,4-5H2,1,3H3. The third-order valence-corrected chi connectivity index (χ3v) is 0.982. The predicted octanol–water partition coefficient (Wildman–Crippen LogP) is 0.881. The van der Waals surface area contributed by atoms with Gasteiger partial charge in [-0.15, -0.1) is 0 Å². The lowest BCUT2D eigenvalue weighted by Gasteiger charge is -2.09. The van der Waals surface area contributed by atoms with Gasteiger partial charge in [0.05, 0.1) is 0 Å². The summed E-state index contributed by atoms with van der Waals surface area (Å²) in [5.74, 6) is 0. The Bertz CT molecular complexity index is 90.9. The van der Waals surface area contributed by atoms with E-state index in [1.54, 1.807) is 0 Å². The van der Waals surface area contributed by atoms with Crippen LogP contribution in [0.1, 0.15) is 20.3 Å². The van der Waals surface area contributed by atoms with Gasteiger partial charge in [-0.25, -0.2) is 0 Å². The first kappa shape index (κ1) is 8.66. The van der Waals surface area contributed by atoms with Crippen LogP contribution in [0.25, 0.3) is 0 Å². The molecule has 0 saturated carbocycles. The van der Waals surface area contributed by atoms with Crippen LogP contribution in [0.2, 0.25) is 0 Å². The van der Waals surface area contributed by atoms with Crippen molar-refractivity contribution in [2.75, 3.05) is 6.54 Å². The normalized spacial score (nSPS) is 13.2. The van der Waals surface area contributed by atoms with Gasteiger partial charge < -0.3 is 5.11 Å². The van der Waals surface area contributed by atoms with Crippen molar-refractivity contribution in [1.82, 2.24) is 5.32 Å². The van der Waals surface area contributed by atoms with Gasteiger partial charge in [-0.2, -0.15) is 0 Å². The Labute approximate surface area is 56.6 Å². The number of rotatable bonds is 4. The van der Waals surface area contributed by atoms with Crippen LogP contribution in [0.4, 0.5) is 0 Å². The second-order valence-corrected chi connectivity index (χ2v) is 2.23. The van der Waals surface area contributed by atoms with E-state index >= 15 is 0 Å². The summed E-state index contributed by atoms with van der Waals surface area (Å²) in [4.78, 5) is 0. The summed E-state index contributed by atoms with van der Waals surface area (Å²) in [6.45, 7) is 8.34. The van der Waals surface area contributed by atoms with Crippen molar-refractivity contribution in [2.24, 2.45) is 0 Å². The van der Waals surface area contributed by atoms with Crippen LogP contribution in [-0.4, -0.2) is 17.9 Å². The highest BCUT2D eigenvalue weighted by Crippen LogP contribution is 1.97. The maximum absolute atomic E-state index is 9.05. The maximum Gasteiger partial charge on any atom is 0.108 e. The average molecular weight is 129 g/mol. The quantitative estimate of drug-likeness (QED) is 0.436. The molecule has 0 bridgehead atoms. The van der Waals surface area contributed by atoms with Crippen LogP contribution < -0.4 is 5.32 Å². The van der Waals surface area contributed by atoms with Crippen LogP contribution in [0.3, 0.4) is 0 Å². The van der Waals surface area contributed by atoms with Crippen LogP contribution in [-0.2, 0) is 0 Å². The van der Waals surface area contributed by atoms with Crippen LogP contribution >= 0.6 is 0 Å². The fourth-order valence-corrected chi connectivity index (χ4v) is 0.638. The molecule has 0 amide bonds. The summed E-state index contributed by atoms with van der Waals surface area (Å²) in [6.07, 6.45) is 0.237. The zero-order valence-corrected chi connectivity index (χ0v) is 6.15. The first-order chi connectivity index (χ1) is 4.16. The van der Waals surface area contributed by atoms with E-state index in [9.17, 15) is 0 Å². The largest absolute Gasteiger partial charge is 0.378 e. The van der Waals surface area contributed by atoms with E-state index in [-0.39, 0.29) is 0 Å². The highest BCUT2D eigenvalue weighted by molar-refractivity contribution is 4.89. The molecule has 0 spiro atoms. The molecule has 0 heterocycles. The first-order valence-corrected chi connectivity index (χ1v) is 3.22. The Morgan fingerprint density at radius 2 is 2.33 bits per heavy atom. The Morgan fingerprint density at radius 3 is 2.67 bits per heavy atom. The summed E-state index contributed by atoms with van der Waals surface area (Å²) < 4.78 is 0. The van der Waals surface area contributed by atoms with E-state index in [4.69, 9.17) is 5.11 Å². The molecule has 0 rings (SSSR count). The molecule has 0 radical (unpaired) electrons. The van der Waals surface area contributed by atoms with Gasteiger partial charge in [0.1, 0.15) is 6.23 Å². The maximum atomic E-state index is 9.05. The fraction of sp³-hybridized carbons (Fsp3) is 0.714. The van der Waals surface area contributed by atoms with Gasteiger partial charge in [0.15, 0.2) is 0 Å². The highest BCUT2D eigenvalue weighted by Gasteiger charge is 1.98. The Morgan fingerprint density at radius 1 is 1.78 bits per heavy atom. The predicted molar refractivity (Wildman–Crippen MR) is 39.1 cm³/mol. The third kappa shape index (κ3) is 5.53. The molecule has 0 fully saturated rings. The molecular weight excluding hydrogens is 114 g/mol. The molecule has 0 aliphatic carbocycles. The zero-order valence-electron chi connectivity index (χ0n) is 6.15. The van der Waals surface area contributed by atoms with E-state index in [1.807, 2.05) is 13.8 Å². The van der Waals surface area contributed by atoms with Crippen LogP contribution in [0.5, 0.6) is 0 Å². The van der Waals surface area contributed by atoms with Gasteiger partial charge in [-0.05, 0) is 13.5 Å². The number of hydrogen-bond donors (Lipinski definition) is 2. The molecule has 0 saturated heterocycles. The molecule has 1 unspecified atom stereocenters. The molecular formula is C7H15NO. The molecule has 2 nitrogen and oxygen atoms in total. The molecule has 2 heteroatoms. The Kier molecular flexibility index (Phi) is 4.36. The van der Waals surface area contributed by atoms with E-state index in [1.165, 1.54) is 0 Å². The third-order valence-electron chi connectivity index (χ3n) is 0.982. The highest BCUT2D eigenvalue weighted by atomic mass is 16.3. The molecule has 0 aliphatic rings. The molecule has 54 valence electrons. The van der Waals surface area contributed by atoms with Crippen molar-refractivity contribution < 1.29 is 5.11 Å². The number of nitrogens with one attached hydrogen (secondary N) is 1. The number of hydrogen-bond acceptors (Lipinski definition) is 2. The lowest BCUT2D eigenvalue weighted by atomic mass is 10.2. The van der Waals surface area contributed by atoms with E-state index in [0.29, 0.717) is 6.42 Å². The lowest BCUT2D eigenvalue weighted by Crippen LogP contribution is -2.28. The molecule has 0 aliphatic heterocycles. The molecule has 0 aromatic heterocycles. The van der Waals surface area contributed by atoms with Crippen molar-refractivity contribution >= 4 is 0 Å². The molecule has 2 N–H and O–H groups in total. The van der Waals surface area contributed by atoms with Crippen molar-refractivity contribution in [3.05, 3.63) is 12.2 Å². The first-order valence-electron chi connectivity index (χ1n) is 3.22. The summed E-state index contributed by atoms with van der Waals surface area (Å²) >= 11 is 0. The minimum Gasteiger partial charge on any atom is -0.378 e. The second kappa shape index (κ2) is 4.53. The smallest absolute Gasteiger partial charge is 0.108 e. The SMILES string of the molecule is C=C(C)CC(O)NCC. The second-order valence-electron chi connectivity index (χ2n) is 2.23. The van der Waals surface area contributed by atoms with Crippen LogP contribution in [0, 0.1) is 0 Å². The van der Waals surface area contributed by atoms with Gasteiger partial charge in [-0.1, -0.05) is 19.1 Å². The number of aliphatic hydroxyl groups excluding tert-OH is 1. The fourth-order valence-electron chi connectivity index (χ4n) is 0.638. The van der Waals surface area contributed by atoms with Gasteiger partial charge in [0.2, 0.25) is 0 Å². The van der Waals surface area contributed by atoms with Crippen molar-refractivity contribution in [1.29, 1.82) is 0 Å². The van der Waals surface area contributed by atoms with Gasteiger partial charge in [-0.3, -0.25) is 5.32 Å². The number of aliphatic hydroxyl groups is 1. The van der Waals surface area contributed by atoms with E-state index in [0.717, 1.165) is 12.1 Å². The average Bonchev–Trinajstić information content (AvgIpc) is 1.63. The lowest BCUT2D eigenvalue weighted by molar-refractivity contribution is 0.140. The van der Waals surface area contributed by atoms with Gasteiger partial charge in [0.25, 0.3) is 0 Å². The van der Waals surface area contributed by atoms with Crippen molar-refractivity contribution in [3.8, 4) is 0 Å². The van der Waals surface area contributed by atoms with E-state index < -0.39 is 6.23 Å². The van der Waals surface area contributed by atoms with Gasteiger partial charge >= 0.3 is 0 Å². The Hall–Kier alpha value is -0.340. The molecule has 1 atom stereocenters. The minimum absolute atomic E-state index is 0.410. The molecule has 0 aromatic carbocycles. The summed E-state index contributed by atoms with van der Waals surface area (Å²) in [7, 11) is 0. The zero-order chi connectivity index (χ0) is 7.28. The van der Waals surface area contributed by atoms with E-state index in [2.05, 4.69) is 11.9 Å². The topological polar surface area (TPSA) is 32.3 Å². The summed E-state index contributed by atoms with van der Waals surface area (Å²) in [6, 6.07) is 0. The van der Waals surface area contributed by atoms with Gasteiger partial charge in [0, 0.05) is 6.42 Å².